The summed E-state index contributed by atoms with van der Waals surface area (Å²) in [6, 6.07) is 15.8. The number of amides is 1. The topological polar surface area (TPSA) is 71.4 Å². The van der Waals surface area contributed by atoms with E-state index in [0.29, 0.717) is 19.6 Å². The molecule has 0 aromatic heterocycles. The number of likely N-dealkylation sites (tertiary alicyclic amines) is 1. The Morgan fingerprint density at radius 1 is 1.12 bits per heavy atom. The molecule has 2 aromatic carbocycles. The molecular weight excluding hydrogens is 430 g/mol. The SMILES string of the molecule is CCOC(=O)[C@H]1CCCN(CC(=O)N2N=C(c3ccc(OC)cc3)C[C@@H]2c2ccccc2C)C1. The van der Waals surface area contributed by atoms with Crippen molar-refractivity contribution < 1.29 is 19.1 Å². The zero-order chi connectivity index (χ0) is 24.1. The van der Waals surface area contributed by atoms with E-state index in [2.05, 4.69) is 24.0 Å². The zero-order valence-corrected chi connectivity index (χ0v) is 20.2. The van der Waals surface area contributed by atoms with Gasteiger partial charge in [-0.1, -0.05) is 24.3 Å². The van der Waals surface area contributed by atoms with Crippen molar-refractivity contribution in [3.05, 3.63) is 65.2 Å². The average molecular weight is 464 g/mol. The summed E-state index contributed by atoms with van der Waals surface area (Å²) >= 11 is 0. The van der Waals surface area contributed by atoms with Gasteiger partial charge in [-0.15, -0.1) is 0 Å². The first-order valence-electron chi connectivity index (χ1n) is 12.0. The number of carbonyl (C=O) groups excluding carboxylic acids is 2. The number of esters is 1. The minimum Gasteiger partial charge on any atom is -0.497 e. The Balaban J connectivity index is 1.55. The molecule has 0 N–H and O–H groups in total. The van der Waals surface area contributed by atoms with Crippen LogP contribution in [0.4, 0.5) is 0 Å². The zero-order valence-electron chi connectivity index (χ0n) is 20.2. The van der Waals surface area contributed by atoms with E-state index in [-0.39, 0.29) is 30.4 Å². The first kappa shape index (κ1) is 24.0. The van der Waals surface area contributed by atoms with Crippen LogP contribution in [-0.2, 0) is 14.3 Å². The molecular formula is C27H33N3O4. The van der Waals surface area contributed by atoms with Gasteiger partial charge in [-0.3, -0.25) is 14.5 Å². The molecule has 0 bridgehead atoms. The Morgan fingerprint density at radius 2 is 1.88 bits per heavy atom. The fourth-order valence-corrected chi connectivity index (χ4v) is 4.82. The van der Waals surface area contributed by atoms with Crippen LogP contribution in [0.15, 0.2) is 53.6 Å². The molecule has 1 saturated heterocycles. The smallest absolute Gasteiger partial charge is 0.310 e. The minimum absolute atomic E-state index is 0.0544. The number of ether oxygens (including phenoxy) is 2. The molecule has 1 fully saturated rings. The molecule has 7 nitrogen and oxygen atoms in total. The number of nitrogens with zero attached hydrogens (tertiary/aromatic N) is 3. The van der Waals surface area contributed by atoms with Crippen molar-refractivity contribution in [2.75, 3.05) is 33.4 Å². The van der Waals surface area contributed by atoms with Crippen molar-refractivity contribution in [1.82, 2.24) is 9.91 Å². The molecule has 0 aliphatic carbocycles. The lowest BCUT2D eigenvalue weighted by atomic mass is 9.95. The van der Waals surface area contributed by atoms with E-state index in [4.69, 9.17) is 14.6 Å². The number of carbonyl (C=O) groups is 2. The molecule has 0 saturated carbocycles. The van der Waals surface area contributed by atoms with E-state index in [9.17, 15) is 9.59 Å². The summed E-state index contributed by atoms with van der Waals surface area (Å²) in [5.41, 5.74) is 4.10. The van der Waals surface area contributed by atoms with Crippen LogP contribution in [-0.4, -0.2) is 60.8 Å². The monoisotopic (exact) mass is 463 g/mol. The number of hydrogen-bond donors (Lipinski definition) is 0. The summed E-state index contributed by atoms with van der Waals surface area (Å²) in [5, 5.41) is 6.45. The molecule has 7 heteroatoms. The number of hydrazone groups is 1. The van der Waals surface area contributed by atoms with E-state index in [0.717, 1.165) is 47.5 Å². The number of rotatable bonds is 7. The maximum absolute atomic E-state index is 13.5. The molecule has 0 unspecified atom stereocenters. The summed E-state index contributed by atoms with van der Waals surface area (Å²) in [4.78, 5) is 27.8. The number of aryl methyl sites for hydroxylation is 1. The number of piperidine rings is 1. The highest BCUT2D eigenvalue weighted by molar-refractivity contribution is 6.03. The third-order valence-electron chi connectivity index (χ3n) is 6.62. The van der Waals surface area contributed by atoms with E-state index < -0.39 is 0 Å². The Labute approximate surface area is 201 Å². The second kappa shape index (κ2) is 10.8. The molecule has 2 atom stereocenters. The van der Waals surface area contributed by atoms with E-state index in [1.54, 1.807) is 12.1 Å². The van der Waals surface area contributed by atoms with Gasteiger partial charge in [-0.25, -0.2) is 5.01 Å². The third kappa shape index (κ3) is 5.30. The van der Waals surface area contributed by atoms with Crippen LogP contribution in [0.5, 0.6) is 5.75 Å². The molecule has 2 aromatic rings. The van der Waals surface area contributed by atoms with Crippen LogP contribution in [0.1, 0.15) is 48.9 Å². The van der Waals surface area contributed by atoms with Crippen molar-refractivity contribution in [1.29, 1.82) is 0 Å². The summed E-state index contributed by atoms with van der Waals surface area (Å²) in [7, 11) is 1.64. The molecule has 2 aliphatic rings. The summed E-state index contributed by atoms with van der Waals surface area (Å²) in [5.74, 6) is 0.386. The summed E-state index contributed by atoms with van der Waals surface area (Å²) in [6.45, 7) is 5.83. The maximum atomic E-state index is 13.5. The first-order chi connectivity index (χ1) is 16.5. The highest BCUT2D eigenvalue weighted by Crippen LogP contribution is 2.35. The largest absolute Gasteiger partial charge is 0.497 e. The number of hydrogen-bond acceptors (Lipinski definition) is 6. The Kier molecular flexibility index (Phi) is 7.63. The lowest BCUT2D eigenvalue weighted by Gasteiger charge is -2.32. The molecule has 180 valence electrons. The maximum Gasteiger partial charge on any atom is 0.310 e. The fraction of sp³-hybridized carbons (Fsp3) is 0.444. The second-order valence-corrected chi connectivity index (χ2v) is 8.92. The van der Waals surface area contributed by atoms with Gasteiger partial charge in [0.1, 0.15) is 5.75 Å². The summed E-state index contributed by atoms with van der Waals surface area (Å²) in [6.07, 6.45) is 2.32. The molecule has 2 aliphatic heterocycles. The van der Waals surface area contributed by atoms with Crippen LogP contribution < -0.4 is 4.74 Å². The van der Waals surface area contributed by atoms with Gasteiger partial charge in [0.15, 0.2) is 0 Å². The van der Waals surface area contributed by atoms with E-state index >= 15 is 0 Å². The predicted molar refractivity (Wildman–Crippen MR) is 131 cm³/mol. The Morgan fingerprint density at radius 3 is 2.59 bits per heavy atom. The van der Waals surface area contributed by atoms with Crippen LogP contribution in [0, 0.1) is 12.8 Å². The highest BCUT2D eigenvalue weighted by atomic mass is 16.5. The molecule has 0 radical (unpaired) electrons. The molecule has 4 rings (SSSR count). The second-order valence-electron chi connectivity index (χ2n) is 8.92. The quantitative estimate of drug-likeness (QED) is 0.582. The van der Waals surface area contributed by atoms with Gasteiger partial charge in [-0.2, -0.15) is 5.10 Å². The number of methoxy groups -OCH3 is 1. The van der Waals surface area contributed by atoms with Crippen LogP contribution in [0.3, 0.4) is 0 Å². The lowest BCUT2D eigenvalue weighted by molar-refractivity contribution is -0.150. The van der Waals surface area contributed by atoms with Gasteiger partial charge in [0.05, 0.1) is 37.9 Å². The van der Waals surface area contributed by atoms with Crippen molar-refractivity contribution in [3.63, 3.8) is 0 Å². The van der Waals surface area contributed by atoms with Gasteiger partial charge < -0.3 is 9.47 Å². The Bertz CT molecular complexity index is 1050. The fourth-order valence-electron chi connectivity index (χ4n) is 4.82. The lowest BCUT2D eigenvalue weighted by Crippen LogP contribution is -2.44. The van der Waals surface area contributed by atoms with Crippen molar-refractivity contribution in [2.24, 2.45) is 11.0 Å². The molecule has 1 amide bonds. The van der Waals surface area contributed by atoms with Gasteiger partial charge >= 0.3 is 5.97 Å². The van der Waals surface area contributed by atoms with E-state index in [1.807, 2.05) is 43.3 Å². The van der Waals surface area contributed by atoms with Gasteiger partial charge in [0.25, 0.3) is 5.91 Å². The molecule has 0 spiro atoms. The normalized spacial score (nSPS) is 20.7. The van der Waals surface area contributed by atoms with Crippen molar-refractivity contribution in [2.45, 2.75) is 39.2 Å². The minimum atomic E-state index is -0.175. The van der Waals surface area contributed by atoms with Crippen molar-refractivity contribution >= 4 is 17.6 Å². The number of benzene rings is 2. The summed E-state index contributed by atoms with van der Waals surface area (Å²) < 4.78 is 10.5. The molecule has 2 heterocycles. The van der Waals surface area contributed by atoms with Gasteiger partial charge in [0, 0.05) is 13.0 Å². The first-order valence-corrected chi connectivity index (χ1v) is 12.0. The average Bonchev–Trinajstić information content (AvgIpc) is 3.30. The standard InChI is InChI=1S/C27H33N3O4/c1-4-34-27(32)21-9-7-15-29(17-21)18-26(31)30-25(23-10-6-5-8-19(23)2)16-24(28-30)20-11-13-22(33-3)14-12-20/h5-6,8,10-14,21,25H,4,7,9,15-18H2,1-3H3/t21-,25+/m0/s1. The third-order valence-corrected chi connectivity index (χ3v) is 6.62. The van der Waals surface area contributed by atoms with Gasteiger partial charge in [0.2, 0.25) is 0 Å². The predicted octanol–water partition coefficient (Wildman–Crippen LogP) is 3.96. The molecule has 34 heavy (non-hydrogen) atoms. The van der Waals surface area contributed by atoms with Crippen LogP contribution in [0.25, 0.3) is 0 Å². The van der Waals surface area contributed by atoms with Crippen LogP contribution in [0.2, 0.25) is 0 Å². The Hall–Kier alpha value is -3.19. The van der Waals surface area contributed by atoms with Gasteiger partial charge in [-0.05, 0) is 74.2 Å². The van der Waals surface area contributed by atoms with E-state index in [1.165, 1.54) is 0 Å². The van der Waals surface area contributed by atoms with Crippen LogP contribution >= 0.6 is 0 Å². The van der Waals surface area contributed by atoms with Crippen molar-refractivity contribution in [3.8, 4) is 5.75 Å². The highest BCUT2D eigenvalue weighted by Gasteiger charge is 2.35.